The average Bonchev–Trinajstić information content (AvgIpc) is 3.87. The maximum Gasteiger partial charge on any atom is 0.305 e. The van der Waals surface area contributed by atoms with E-state index in [0.717, 1.165) is 44.3 Å². The molecule has 8 aromatic rings. The van der Waals surface area contributed by atoms with Crippen LogP contribution in [0.3, 0.4) is 0 Å². The van der Waals surface area contributed by atoms with Gasteiger partial charge in [0.2, 0.25) is 0 Å². The van der Waals surface area contributed by atoms with Crippen LogP contribution < -0.4 is 14.5 Å². The van der Waals surface area contributed by atoms with E-state index in [2.05, 4.69) is 122 Å². The van der Waals surface area contributed by atoms with Gasteiger partial charge in [0.05, 0.1) is 0 Å². The molecule has 0 saturated heterocycles. The molecule has 0 aliphatic carbocycles. The van der Waals surface area contributed by atoms with Gasteiger partial charge in [0.25, 0.3) is 0 Å². The van der Waals surface area contributed by atoms with Crippen LogP contribution in [0.5, 0.6) is 11.5 Å². The van der Waals surface area contributed by atoms with Crippen LogP contribution >= 0.6 is 0 Å². The molecule has 0 N–H and O–H groups in total. The summed E-state index contributed by atoms with van der Waals surface area (Å²) in [6.45, 7) is 8.82. The molecule has 0 amide bonds. The molecule has 6 aromatic carbocycles. The van der Waals surface area contributed by atoms with Crippen LogP contribution in [0.2, 0.25) is 0 Å². The molecule has 7 heteroatoms. The first-order valence-electron chi connectivity index (χ1n) is 16.7. The van der Waals surface area contributed by atoms with Crippen LogP contribution in [0.15, 0.2) is 144 Å². The van der Waals surface area contributed by atoms with Crippen molar-refractivity contribution in [3.05, 3.63) is 164 Å². The number of anilines is 2. The summed E-state index contributed by atoms with van der Waals surface area (Å²) in [6, 6.07) is 50.7. The predicted octanol–water partition coefficient (Wildman–Crippen LogP) is 11.2. The van der Waals surface area contributed by atoms with Gasteiger partial charge >= 0.3 is 6.01 Å². The Morgan fingerprint density at radius 3 is 2.31 bits per heavy atom. The fourth-order valence-electron chi connectivity index (χ4n) is 6.57. The van der Waals surface area contributed by atoms with Gasteiger partial charge in [-0.1, -0.05) is 93.0 Å². The zero-order chi connectivity index (χ0) is 33.8. The Balaban J connectivity index is 0.00000374. The zero-order valence-electron chi connectivity index (χ0n) is 28.3. The molecule has 0 bridgehead atoms. The van der Waals surface area contributed by atoms with Gasteiger partial charge in [-0.05, 0) is 64.7 Å². The average molecular weight is 845 g/mol. The Morgan fingerprint density at radius 2 is 1.47 bits per heavy atom. The number of rotatable bonds is 6. The molecule has 0 unspecified atom stereocenters. The molecule has 6 nitrogen and oxygen atoms in total. The molecule has 51 heavy (non-hydrogen) atoms. The predicted molar refractivity (Wildman–Crippen MR) is 202 cm³/mol. The number of hydrogen-bond acceptors (Lipinski definition) is 5. The third-order valence-electron chi connectivity index (χ3n) is 9.14. The number of aromatic nitrogens is 2. The summed E-state index contributed by atoms with van der Waals surface area (Å²) < 4.78 is 14.6. The quantitative estimate of drug-likeness (QED) is 0.156. The van der Waals surface area contributed by atoms with E-state index in [1.54, 1.807) is 0 Å². The first kappa shape index (κ1) is 32.6. The Kier molecular flexibility index (Phi) is 8.28. The molecule has 0 fully saturated rings. The summed E-state index contributed by atoms with van der Waals surface area (Å²) in [4.78, 5) is 9.01. The molecule has 0 spiro atoms. The molecule has 9 rings (SSSR count). The van der Waals surface area contributed by atoms with Gasteiger partial charge < -0.3 is 19.0 Å². The van der Waals surface area contributed by atoms with Crippen molar-refractivity contribution in [1.29, 1.82) is 0 Å². The van der Waals surface area contributed by atoms with E-state index >= 15 is 0 Å². The number of hydrogen-bond donors (Lipinski definition) is 0. The van der Waals surface area contributed by atoms with Gasteiger partial charge in [0, 0.05) is 49.3 Å². The normalized spacial score (nSPS) is 13.0. The van der Waals surface area contributed by atoms with Crippen LogP contribution in [-0.4, -0.2) is 9.55 Å². The Morgan fingerprint density at radius 1 is 0.706 bits per heavy atom. The van der Waals surface area contributed by atoms with Crippen molar-refractivity contribution in [1.82, 2.24) is 9.55 Å². The molecular formula is C44H33N4O2Pt-3. The fraction of sp³-hybridized carbons (Fsp3) is 0.0909. The van der Waals surface area contributed by atoms with Crippen LogP contribution in [-0.2, 0) is 26.5 Å². The summed E-state index contributed by atoms with van der Waals surface area (Å²) in [7, 11) is 0. The second-order valence-corrected chi connectivity index (χ2v) is 13.5. The minimum absolute atomic E-state index is 0. The van der Waals surface area contributed by atoms with Gasteiger partial charge in [0.1, 0.15) is 5.52 Å². The Bertz CT molecular complexity index is 2530. The van der Waals surface area contributed by atoms with Crippen LogP contribution in [0.4, 0.5) is 11.4 Å². The van der Waals surface area contributed by atoms with Crippen molar-refractivity contribution in [3.63, 3.8) is 0 Å². The van der Waals surface area contributed by atoms with E-state index in [1.165, 1.54) is 16.7 Å². The van der Waals surface area contributed by atoms with Crippen LogP contribution in [0.1, 0.15) is 26.3 Å². The maximum absolute atomic E-state index is 6.41. The molecule has 3 heterocycles. The Labute approximate surface area is 311 Å². The first-order valence-corrected chi connectivity index (χ1v) is 16.7. The summed E-state index contributed by atoms with van der Waals surface area (Å²) in [5.74, 6) is 1.16. The van der Waals surface area contributed by atoms with Crippen molar-refractivity contribution in [2.24, 2.45) is 0 Å². The molecule has 254 valence electrons. The third-order valence-corrected chi connectivity index (χ3v) is 9.14. The molecule has 0 radical (unpaired) electrons. The molecular weight excluding hydrogens is 812 g/mol. The monoisotopic (exact) mass is 844 g/mol. The van der Waals surface area contributed by atoms with E-state index in [4.69, 9.17) is 14.1 Å². The van der Waals surface area contributed by atoms with E-state index in [9.17, 15) is 0 Å². The van der Waals surface area contributed by atoms with E-state index < -0.39 is 0 Å². The number of oxazole rings is 1. The summed E-state index contributed by atoms with van der Waals surface area (Å²) in [5, 5.41) is 2.13. The minimum atomic E-state index is 0. The molecule has 0 atom stereocenters. The minimum Gasteiger partial charge on any atom is -0.509 e. The van der Waals surface area contributed by atoms with Gasteiger partial charge in [-0.25, -0.2) is 0 Å². The summed E-state index contributed by atoms with van der Waals surface area (Å²) >= 11 is 0. The van der Waals surface area contributed by atoms with Gasteiger partial charge in [-0.15, -0.1) is 48.1 Å². The third kappa shape index (κ3) is 6.00. The van der Waals surface area contributed by atoms with Crippen molar-refractivity contribution < 1.29 is 30.2 Å². The van der Waals surface area contributed by atoms with Crippen molar-refractivity contribution >= 4 is 44.3 Å². The first-order chi connectivity index (χ1) is 24.4. The van der Waals surface area contributed by atoms with Gasteiger partial charge in [0.15, 0.2) is 5.58 Å². The summed E-state index contributed by atoms with van der Waals surface area (Å²) in [5.41, 5.74) is 9.00. The summed E-state index contributed by atoms with van der Waals surface area (Å²) in [6.07, 6.45) is 4.12. The Hall–Kier alpha value is -5.58. The molecule has 1 aliphatic rings. The van der Waals surface area contributed by atoms with Gasteiger partial charge in [-0.2, -0.15) is 17.1 Å². The smallest absolute Gasteiger partial charge is 0.305 e. The van der Waals surface area contributed by atoms with E-state index in [-0.39, 0.29) is 26.5 Å². The number of ether oxygens (including phenoxy) is 1. The maximum atomic E-state index is 6.41. The number of fused-ring (bicyclic) bond motifs is 4. The second kappa shape index (κ2) is 12.9. The zero-order valence-corrected chi connectivity index (χ0v) is 30.6. The standard InChI is InChI=1S/C44H33N4O2.Pt/c1-44(2,3)31-20-23-39(37(26-31)30-12-5-4-6-13-30)47-25-24-46(29-47)32-14-11-15-33(27-32)49-34-21-22-36-35-16-7-9-18-40(35)48(41(36)28-34)43-45-38-17-8-10-19-42(38)50-43;/h4-26,29H,1-3H3;/q-3;. The fourth-order valence-corrected chi connectivity index (χ4v) is 6.57. The van der Waals surface area contributed by atoms with Crippen molar-refractivity contribution in [2.75, 3.05) is 9.80 Å². The van der Waals surface area contributed by atoms with Crippen LogP contribution in [0.25, 0.3) is 50.0 Å². The van der Waals surface area contributed by atoms with Crippen LogP contribution in [0, 0.1) is 18.8 Å². The molecule has 0 saturated carbocycles. The second-order valence-electron chi connectivity index (χ2n) is 13.5. The SMILES string of the molecule is CC(C)(C)c1ccc(N2C=CN(c3[c-]c(Oc4[c-]c5c(cc4)c4ccccc4n5-c4nc5ccccc5o4)ccc3)[CH-]2)c(-c2ccccc2)c1.[Pt]. The largest absolute Gasteiger partial charge is 0.509 e. The number of nitrogens with zero attached hydrogens (tertiary/aromatic N) is 4. The van der Waals surface area contributed by atoms with Crippen molar-refractivity contribution in [3.8, 4) is 28.6 Å². The molecule has 2 aromatic heterocycles. The number of para-hydroxylation sites is 3. The topological polar surface area (TPSA) is 46.7 Å². The molecule has 1 aliphatic heterocycles. The van der Waals surface area contributed by atoms with Crippen molar-refractivity contribution in [2.45, 2.75) is 26.2 Å². The van der Waals surface area contributed by atoms with E-state index in [1.807, 2.05) is 71.4 Å². The van der Waals surface area contributed by atoms with Gasteiger partial charge in [-0.3, -0.25) is 4.57 Å². The van der Waals surface area contributed by atoms with E-state index in [0.29, 0.717) is 17.5 Å². The number of benzene rings is 6.